The first kappa shape index (κ1) is 14.9. The summed E-state index contributed by atoms with van der Waals surface area (Å²) in [4.78, 5) is 18.3. The average molecular weight is 324 g/mol. The lowest BCUT2D eigenvalue weighted by molar-refractivity contribution is -0.136. The number of nitrogens with one attached hydrogen (secondary N) is 1. The van der Waals surface area contributed by atoms with Crippen LogP contribution in [-0.4, -0.2) is 42.5 Å². The van der Waals surface area contributed by atoms with Crippen LogP contribution in [0.1, 0.15) is 31.1 Å². The zero-order valence-corrected chi connectivity index (χ0v) is 13.8. The van der Waals surface area contributed by atoms with Gasteiger partial charge in [-0.05, 0) is 34.4 Å². The van der Waals surface area contributed by atoms with Crippen molar-refractivity contribution >= 4 is 16.8 Å². The molecule has 1 N–H and O–H groups in total. The van der Waals surface area contributed by atoms with Gasteiger partial charge in [0.25, 0.3) is 0 Å². The summed E-state index contributed by atoms with van der Waals surface area (Å²) in [5.41, 5.74) is 3.65. The number of benzene rings is 1. The number of nitrogens with zero attached hydrogens (tertiary/aromatic N) is 5. The van der Waals surface area contributed by atoms with E-state index in [-0.39, 0.29) is 18.5 Å². The normalized spacial score (nSPS) is 17.5. The molecule has 1 aliphatic rings. The number of para-hydroxylation sites is 1. The number of amides is 1. The predicted octanol–water partition coefficient (Wildman–Crippen LogP) is 1.94. The van der Waals surface area contributed by atoms with Gasteiger partial charge in [0.15, 0.2) is 0 Å². The molecule has 0 saturated heterocycles. The van der Waals surface area contributed by atoms with Crippen molar-refractivity contribution in [1.29, 1.82) is 0 Å². The molecule has 1 amide bonds. The first-order valence-corrected chi connectivity index (χ1v) is 8.25. The van der Waals surface area contributed by atoms with Gasteiger partial charge in [-0.2, -0.15) is 0 Å². The number of aromatic nitrogens is 5. The Morgan fingerprint density at radius 1 is 1.38 bits per heavy atom. The Balaban J connectivity index is 1.71. The Morgan fingerprint density at radius 2 is 2.21 bits per heavy atom. The molecular formula is C17H20N6O. The van der Waals surface area contributed by atoms with Crippen LogP contribution in [0.15, 0.2) is 30.6 Å². The number of carbonyl (C=O) groups excluding carboxylic acids is 1. The van der Waals surface area contributed by atoms with Gasteiger partial charge in [0.05, 0.1) is 6.04 Å². The van der Waals surface area contributed by atoms with Crippen molar-refractivity contribution in [2.24, 2.45) is 5.92 Å². The van der Waals surface area contributed by atoms with Crippen LogP contribution in [0.2, 0.25) is 0 Å². The highest BCUT2D eigenvalue weighted by molar-refractivity contribution is 5.86. The SMILES string of the molecule is CC(C)[C@@H]1c2[nH]c3ccccc3c2CCN1C(=O)Cn1cnnn1. The molecule has 7 heteroatoms. The van der Waals surface area contributed by atoms with Crippen LogP contribution in [-0.2, 0) is 17.8 Å². The second-order valence-electron chi connectivity index (χ2n) is 6.60. The van der Waals surface area contributed by atoms with E-state index in [9.17, 15) is 4.79 Å². The van der Waals surface area contributed by atoms with Crippen molar-refractivity contribution in [1.82, 2.24) is 30.1 Å². The van der Waals surface area contributed by atoms with E-state index in [2.05, 4.69) is 52.6 Å². The Kier molecular flexibility index (Phi) is 3.55. The minimum absolute atomic E-state index is 0.0464. The van der Waals surface area contributed by atoms with E-state index < -0.39 is 0 Å². The molecule has 7 nitrogen and oxygen atoms in total. The zero-order valence-electron chi connectivity index (χ0n) is 13.8. The molecule has 3 heterocycles. The van der Waals surface area contributed by atoms with Crippen LogP contribution in [0, 0.1) is 5.92 Å². The molecule has 124 valence electrons. The Hall–Kier alpha value is -2.70. The largest absolute Gasteiger partial charge is 0.356 e. The number of carbonyl (C=O) groups is 1. The molecule has 1 aromatic carbocycles. The molecule has 1 aliphatic heterocycles. The van der Waals surface area contributed by atoms with Crippen LogP contribution in [0.25, 0.3) is 10.9 Å². The average Bonchev–Trinajstić information content (AvgIpc) is 3.20. The molecule has 0 spiro atoms. The molecule has 0 unspecified atom stereocenters. The maximum absolute atomic E-state index is 12.8. The molecule has 0 bridgehead atoms. The van der Waals surface area contributed by atoms with Gasteiger partial charge in [-0.25, -0.2) is 4.68 Å². The van der Waals surface area contributed by atoms with Crippen molar-refractivity contribution in [3.63, 3.8) is 0 Å². The van der Waals surface area contributed by atoms with Gasteiger partial charge < -0.3 is 9.88 Å². The third-order valence-electron chi connectivity index (χ3n) is 4.72. The topological polar surface area (TPSA) is 79.7 Å². The lowest BCUT2D eigenvalue weighted by Gasteiger charge is -2.38. The fourth-order valence-corrected chi connectivity index (χ4v) is 3.73. The predicted molar refractivity (Wildman–Crippen MR) is 89.1 cm³/mol. The summed E-state index contributed by atoms with van der Waals surface area (Å²) < 4.78 is 1.47. The van der Waals surface area contributed by atoms with Gasteiger partial charge in [0.2, 0.25) is 5.91 Å². The smallest absolute Gasteiger partial charge is 0.245 e. The van der Waals surface area contributed by atoms with Gasteiger partial charge >= 0.3 is 0 Å². The first-order chi connectivity index (χ1) is 11.6. The highest BCUT2D eigenvalue weighted by atomic mass is 16.2. The second kappa shape index (κ2) is 5.74. The van der Waals surface area contributed by atoms with Crippen molar-refractivity contribution in [2.45, 2.75) is 32.9 Å². The minimum atomic E-state index is 0.0464. The summed E-state index contributed by atoms with van der Waals surface area (Å²) in [6.07, 6.45) is 2.34. The number of rotatable bonds is 3. The third-order valence-corrected chi connectivity index (χ3v) is 4.72. The van der Waals surface area contributed by atoms with E-state index in [1.54, 1.807) is 0 Å². The summed E-state index contributed by atoms with van der Waals surface area (Å²) in [6.45, 7) is 5.20. The standard InChI is InChI=1S/C17H20N6O/c1-11(2)17-16-13(12-5-3-4-6-14(12)19-16)7-8-23(17)15(24)9-22-10-18-20-21-22/h3-6,10-11,17,19H,7-9H2,1-2H3/t17-/m1/s1. The fourth-order valence-electron chi connectivity index (χ4n) is 3.73. The van der Waals surface area contributed by atoms with Crippen LogP contribution in [0.4, 0.5) is 0 Å². The Labute approximate surface area is 139 Å². The van der Waals surface area contributed by atoms with E-state index in [0.29, 0.717) is 5.92 Å². The van der Waals surface area contributed by atoms with Crippen LogP contribution < -0.4 is 0 Å². The lowest BCUT2D eigenvalue weighted by Crippen LogP contribution is -2.43. The molecule has 4 rings (SSSR count). The van der Waals surface area contributed by atoms with Gasteiger partial charge in [0, 0.05) is 23.1 Å². The van der Waals surface area contributed by atoms with E-state index in [1.165, 1.54) is 27.7 Å². The number of hydrogen-bond donors (Lipinski definition) is 1. The summed E-state index contributed by atoms with van der Waals surface area (Å²) in [6, 6.07) is 8.40. The zero-order chi connectivity index (χ0) is 16.7. The maximum Gasteiger partial charge on any atom is 0.245 e. The maximum atomic E-state index is 12.8. The molecular weight excluding hydrogens is 304 g/mol. The summed E-state index contributed by atoms with van der Waals surface area (Å²) >= 11 is 0. The lowest BCUT2D eigenvalue weighted by atomic mass is 9.90. The van der Waals surface area contributed by atoms with Gasteiger partial charge in [-0.15, -0.1) is 5.10 Å². The molecule has 24 heavy (non-hydrogen) atoms. The van der Waals surface area contributed by atoms with E-state index in [0.717, 1.165) is 18.5 Å². The van der Waals surface area contributed by atoms with Gasteiger partial charge in [-0.3, -0.25) is 4.79 Å². The summed E-state index contributed by atoms with van der Waals surface area (Å²) in [5, 5.41) is 12.3. The monoisotopic (exact) mass is 324 g/mol. The van der Waals surface area contributed by atoms with Crippen molar-refractivity contribution in [2.75, 3.05) is 6.54 Å². The Morgan fingerprint density at radius 3 is 2.96 bits per heavy atom. The number of H-pyrrole nitrogens is 1. The van der Waals surface area contributed by atoms with E-state index >= 15 is 0 Å². The highest BCUT2D eigenvalue weighted by Gasteiger charge is 2.35. The number of tetrazole rings is 1. The quantitative estimate of drug-likeness (QED) is 0.798. The van der Waals surface area contributed by atoms with Crippen LogP contribution in [0.3, 0.4) is 0 Å². The van der Waals surface area contributed by atoms with Crippen LogP contribution >= 0.6 is 0 Å². The number of fused-ring (bicyclic) bond motifs is 3. The second-order valence-corrected chi connectivity index (χ2v) is 6.60. The van der Waals surface area contributed by atoms with Crippen molar-refractivity contribution in [3.05, 3.63) is 41.9 Å². The molecule has 3 aromatic rings. The molecule has 1 atom stereocenters. The molecule has 0 aliphatic carbocycles. The van der Waals surface area contributed by atoms with Crippen molar-refractivity contribution < 1.29 is 4.79 Å². The molecule has 0 saturated carbocycles. The van der Waals surface area contributed by atoms with E-state index in [4.69, 9.17) is 0 Å². The van der Waals surface area contributed by atoms with Gasteiger partial charge in [-0.1, -0.05) is 32.0 Å². The van der Waals surface area contributed by atoms with Crippen LogP contribution in [0.5, 0.6) is 0 Å². The molecule has 0 radical (unpaired) electrons. The molecule has 0 fully saturated rings. The Bertz CT molecular complexity index is 866. The highest BCUT2D eigenvalue weighted by Crippen LogP contribution is 2.38. The van der Waals surface area contributed by atoms with Gasteiger partial charge in [0.1, 0.15) is 12.9 Å². The first-order valence-electron chi connectivity index (χ1n) is 8.25. The number of aromatic amines is 1. The minimum Gasteiger partial charge on any atom is -0.356 e. The van der Waals surface area contributed by atoms with E-state index in [1.807, 2.05) is 11.0 Å². The molecule has 2 aromatic heterocycles. The summed E-state index contributed by atoms with van der Waals surface area (Å²) in [5.74, 6) is 0.361. The third kappa shape index (κ3) is 2.36. The number of hydrogen-bond acceptors (Lipinski definition) is 4. The summed E-state index contributed by atoms with van der Waals surface area (Å²) in [7, 11) is 0. The fraction of sp³-hybridized carbons (Fsp3) is 0.412. The van der Waals surface area contributed by atoms with Crippen molar-refractivity contribution in [3.8, 4) is 0 Å².